The van der Waals surface area contributed by atoms with Crippen LogP contribution in [0.5, 0.6) is 0 Å². The summed E-state index contributed by atoms with van der Waals surface area (Å²) in [7, 11) is 1.37. The van der Waals surface area contributed by atoms with Gasteiger partial charge in [-0.15, -0.1) is 11.3 Å². The molecular formula is C17H24N2O4S. The van der Waals surface area contributed by atoms with Gasteiger partial charge in [0.25, 0.3) is 0 Å². The molecule has 0 spiro atoms. The Morgan fingerprint density at radius 3 is 2.88 bits per heavy atom. The molecule has 1 amide bonds. The molecule has 2 N–H and O–H groups in total. The average molecular weight is 352 g/mol. The molecule has 1 atom stereocenters. The molecule has 0 radical (unpaired) electrons. The lowest BCUT2D eigenvalue weighted by Gasteiger charge is -2.29. The highest BCUT2D eigenvalue weighted by Gasteiger charge is 2.27. The SMILES string of the molecule is COC(=O)c1c(NC(=O)CN2CCCC(O)C2)sc2c1CCCC2. The van der Waals surface area contributed by atoms with E-state index in [1.807, 2.05) is 4.90 Å². The number of nitrogens with zero attached hydrogens (tertiary/aromatic N) is 1. The summed E-state index contributed by atoms with van der Waals surface area (Å²) >= 11 is 1.50. The molecule has 3 rings (SSSR count). The standard InChI is InChI=1S/C17H24N2O4S/c1-23-17(22)15-12-6-2-3-7-13(12)24-16(15)18-14(21)10-19-8-4-5-11(20)9-19/h11,20H,2-10H2,1H3,(H,18,21). The number of hydrogen-bond acceptors (Lipinski definition) is 6. The van der Waals surface area contributed by atoms with Crippen molar-refractivity contribution >= 4 is 28.2 Å². The Bertz CT molecular complexity index is 628. The highest BCUT2D eigenvalue weighted by atomic mass is 32.1. The van der Waals surface area contributed by atoms with E-state index in [1.165, 1.54) is 23.3 Å². The number of thiophene rings is 1. The molecule has 1 aliphatic carbocycles. The van der Waals surface area contributed by atoms with Crippen molar-refractivity contribution in [3.8, 4) is 0 Å². The summed E-state index contributed by atoms with van der Waals surface area (Å²) in [4.78, 5) is 27.7. The molecule has 1 fully saturated rings. The van der Waals surface area contributed by atoms with E-state index in [-0.39, 0.29) is 24.5 Å². The first-order chi connectivity index (χ1) is 11.6. The number of rotatable bonds is 4. The minimum absolute atomic E-state index is 0.146. The number of esters is 1. The van der Waals surface area contributed by atoms with Crippen LogP contribution in [0.3, 0.4) is 0 Å². The van der Waals surface area contributed by atoms with Crippen LogP contribution in [0.15, 0.2) is 0 Å². The number of carbonyl (C=O) groups excluding carboxylic acids is 2. The summed E-state index contributed by atoms with van der Waals surface area (Å²) in [5, 5.41) is 13.2. The van der Waals surface area contributed by atoms with Crippen molar-refractivity contribution in [3.05, 3.63) is 16.0 Å². The maximum Gasteiger partial charge on any atom is 0.341 e. The molecule has 7 heteroatoms. The van der Waals surface area contributed by atoms with E-state index in [4.69, 9.17) is 4.74 Å². The number of likely N-dealkylation sites (tertiary alicyclic amines) is 1. The second kappa shape index (κ2) is 7.63. The fraction of sp³-hybridized carbons (Fsp3) is 0.647. The molecule has 0 bridgehead atoms. The lowest BCUT2D eigenvalue weighted by Crippen LogP contribution is -2.42. The van der Waals surface area contributed by atoms with Crippen molar-refractivity contribution in [2.75, 3.05) is 32.1 Å². The number of piperidine rings is 1. The van der Waals surface area contributed by atoms with Gasteiger partial charge < -0.3 is 15.2 Å². The Labute approximate surface area is 145 Å². The number of methoxy groups -OCH3 is 1. The molecule has 1 aromatic heterocycles. The smallest absolute Gasteiger partial charge is 0.341 e. The van der Waals surface area contributed by atoms with Crippen molar-refractivity contribution in [2.24, 2.45) is 0 Å². The molecule has 1 saturated heterocycles. The number of aliphatic hydroxyl groups excluding tert-OH is 1. The largest absolute Gasteiger partial charge is 0.465 e. The third-order valence-electron chi connectivity index (χ3n) is 4.66. The van der Waals surface area contributed by atoms with Crippen LogP contribution >= 0.6 is 11.3 Å². The molecule has 132 valence electrons. The minimum Gasteiger partial charge on any atom is -0.465 e. The number of hydrogen-bond donors (Lipinski definition) is 2. The first-order valence-corrected chi connectivity index (χ1v) is 9.33. The van der Waals surface area contributed by atoms with E-state index in [1.54, 1.807) is 0 Å². The molecule has 0 aromatic carbocycles. The van der Waals surface area contributed by atoms with Crippen LogP contribution in [-0.4, -0.2) is 54.7 Å². The first-order valence-electron chi connectivity index (χ1n) is 8.51. The fourth-order valence-corrected chi connectivity index (χ4v) is 4.81. The van der Waals surface area contributed by atoms with Crippen molar-refractivity contribution in [1.29, 1.82) is 0 Å². The molecule has 24 heavy (non-hydrogen) atoms. The van der Waals surface area contributed by atoms with Crippen molar-refractivity contribution < 1.29 is 19.4 Å². The minimum atomic E-state index is -0.377. The highest BCUT2D eigenvalue weighted by molar-refractivity contribution is 7.17. The predicted molar refractivity (Wildman–Crippen MR) is 92.6 cm³/mol. The number of aryl methyl sites for hydroxylation is 1. The van der Waals surface area contributed by atoms with Gasteiger partial charge in [0.2, 0.25) is 5.91 Å². The van der Waals surface area contributed by atoms with Gasteiger partial charge in [-0.1, -0.05) is 0 Å². The van der Waals surface area contributed by atoms with Crippen LogP contribution in [0, 0.1) is 0 Å². The van der Waals surface area contributed by atoms with E-state index in [2.05, 4.69) is 5.32 Å². The zero-order valence-electron chi connectivity index (χ0n) is 14.0. The topological polar surface area (TPSA) is 78.9 Å². The average Bonchev–Trinajstić information content (AvgIpc) is 2.91. The molecular weight excluding hydrogens is 328 g/mol. The summed E-state index contributed by atoms with van der Waals surface area (Å²) in [5.74, 6) is -0.522. The Kier molecular flexibility index (Phi) is 5.53. The summed E-state index contributed by atoms with van der Waals surface area (Å²) in [6, 6.07) is 0. The number of β-amino-alcohol motifs (C(OH)–C–C–N with tert-alkyl or cyclic N) is 1. The Morgan fingerprint density at radius 1 is 1.33 bits per heavy atom. The Balaban J connectivity index is 1.73. The molecule has 1 aliphatic heterocycles. The van der Waals surface area contributed by atoms with Crippen LogP contribution in [0.1, 0.15) is 46.5 Å². The van der Waals surface area contributed by atoms with E-state index in [9.17, 15) is 14.7 Å². The number of anilines is 1. The van der Waals surface area contributed by atoms with E-state index < -0.39 is 0 Å². The van der Waals surface area contributed by atoms with E-state index >= 15 is 0 Å². The van der Waals surface area contributed by atoms with Gasteiger partial charge in [0.15, 0.2) is 0 Å². The normalized spacial score (nSPS) is 21.2. The first kappa shape index (κ1) is 17.4. The fourth-order valence-electron chi connectivity index (χ4n) is 3.52. The Hall–Kier alpha value is -1.44. The molecule has 1 unspecified atom stereocenters. The second-order valence-electron chi connectivity index (χ2n) is 6.49. The zero-order chi connectivity index (χ0) is 17.1. The van der Waals surface area contributed by atoms with E-state index in [0.717, 1.165) is 50.6 Å². The Morgan fingerprint density at radius 2 is 2.12 bits per heavy atom. The maximum absolute atomic E-state index is 12.4. The second-order valence-corrected chi connectivity index (χ2v) is 7.59. The molecule has 2 heterocycles. The van der Waals surface area contributed by atoms with E-state index in [0.29, 0.717) is 17.1 Å². The van der Waals surface area contributed by atoms with Crippen LogP contribution in [-0.2, 0) is 22.4 Å². The zero-order valence-corrected chi connectivity index (χ0v) is 14.8. The lowest BCUT2D eigenvalue weighted by atomic mass is 9.95. The summed E-state index contributed by atoms with van der Waals surface area (Å²) in [5.41, 5.74) is 1.58. The van der Waals surface area contributed by atoms with Crippen molar-refractivity contribution in [3.63, 3.8) is 0 Å². The van der Waals surface area contributed by atoms with Crippen LogP contribution in [0.4, 0.5) is 5.00 Å². The highest BCUT2D eigenvalue weighted by Crippen LogP contribution is 2.38. The van der Waals surface area contributed by atoms with Crippen molar-refractivity contribution in [1.82, 2.24) is 4.90 Å². The van der Waals surface area contributed by atoms with Gasteiger partial charge in [-0.05, 0) is 50.6 Å². The van der Waals surface area contributed by atoms with Crippen LogP contribution < -0.4 is 5.32 Å². The van der Waals surface area contributed by atoms with Gasteiger partial charge in [-0.2, -0.15) is 0 Å². The van der Waals surface area contributed by atoms with Crippen LogP contribution in [0.25, 0.3) is 0 Å². The van der Waals surface area contributed by atoms with Gasteiger partial charge in [0, 0.05) is 11.4 Å². The summed E-state index contributed by atoms with van der Waals surface area (Å²) in [6.07, 6.45) is 5.34. The van der Waals surface area contributed by atoms with Gasteiger partial charge in [0.1, 0.15) is 5.00 Å². The number of carbonyl (C=O) groups is 2. The summed E-state index contributed by atoms with van der Waals surface area (Å²) in [6.45, 7) is 1.58. The van der Waals surface area contributed by atoms with Crippen LogP contribution in [0.2, 0.25) is 0 Å². The van der Waals surface area contributed by atoms with Gasteiger partial charge >= 0.3 is 5.97 Å². The third kappa shape index (κ3) is 3.79. The van der Waals surface area contributed by atoms with Gasteiger partial charge in [-0.3, -0.25) is 9.69 Å². The molecule has 0 saturated carbocycles. The van der Waals surface area contributed by atoms with Gasteiger partial charge in [-0.25, -0.2) is 4.79 Å². The maximum atomic E-state index is 12.4. The van der Waals surface area contributed by atoms with Crippen molar-refractivity contribution in [2.45, 2.75) is 44.6 Å². The number of nitrogens with one attached hydrogen (secondary N) is 1. The lowest BCUT2D eigenvalue weighted by molar-refractivity contribution is -0.117. The molecule has 1 aromatic rings. The number of amides is 1. The molecule has 2 aliphatic rings. The number of aliphatic hydroxyl groups is 1. The monoisotopic (exact) mass is 352 g/mol. The predicted octanol–water partition coefficient (Wildman–Crippen LogP) is 1.81. The summed E-state index contributed by atoms with van der Waals surface area (Å²) < 4.78 is 4.92. The molecule has 6 nitrogen and oxygen atoms in total. The van der Waals surface area contributed by atoms with Gasteiger partial charge in [0.05, 0.1) is 25.3 Å². The quantitative estimate of drug-likeness (QED) is 0.808. The number of fused-ring (bicyclic) bond motifs is 1. The number of ether oxygens (including phenoxy) is 1. The third-order valence-corrected chi connectivity index (χ3v) is 5.87.